The van der Waals surface area contributed by atoms with Gasteiger partial charge in [0.1, 0.15) is 18.4 Å². The number of amides is 2. The minimum Gasteiger partial charge on any atom is -0.380 e. The van der Waals surface area contributed by atoms with E-state index in [9.17, 15) is 22.8 Å². The lowest BCUT2D eigenvalue weighted by Crippen LogP contribution is -2.45. The fourth-order valence-electron chi connectivity index (χ4n) is 4.37. The third-order valence-electron chi connectivity index (χ3n) is 5.87. The minimum absolute atomic E-state index is 0.298. The van der Waals surface area contributed by atoms with E-state index in [0.29, 0.717) is 41.0 Å². The van der Waals surface area contributed by atoms with Gasteiger partial charge in [-0.15, -0.1) is 0 Å². The van der Waals surface area contributed by atoms with E-state index in [0.717, 1.165) is 12.8 Å². The molecule has 0 saturated heterocycles. The number of halogens is 3. The van der Waals surface area contributed by atoms with Crippen molar-refractivity contribution in [2.24, 2.45) is 5.92 Å². The van der Waals surface area contributed by atoms with Gasteiger partial charge < -0.3 is 16.0 Å². The Hall–Kier alpha value is -3.68. The topological polar surface area (TPSA) is 120 Å². The van der Waals surface area contributed by atoms with E-state index >= 15 is 0 Å². The SMILES string of the molecule is N#Cc1cnc2c(c1)C(c1cncc(N[C@@H]3CCCC[C@@H]3C(=O)NCC(F)(F)F)c1)C(=O)N2. The summed E-state index contributed by atoms with van der Waals surface area (Å²) in [6, 6.07) is 4.98. The Labute approximate surface area is 187 Å². The van der Waals surface area contributed by atoms with E-state index in [-0.39, 0.29) is 11.9 Å². The number of alkyl halides is 3. The number of aromatic nitrogens is 2. The zero-order valence-corrected chi connectivity index (χ0v) is 17.4. The number of anilines is 2. The van der Waals surface area contributed by atoms with E-state index in [4.69, 9.17) is 5.26 Å². The van der Waals surface area contributed by atoms with Crippen LogP contribution in [0.5, 0.6) is 0 Å². The molecule has 1 unspecified atom stereocenters. The second-order valence-electron chi connectivity index (χ2n) is 8.18. The largest absolute Gasteiger partial charge is 0.405 e. The summed E-state index contributed by atoms with van der Waals surface area (Å²) in [5.41, 5.74) is 2.02. The van der Waals surface area contributed by atoms with Crippen molar-refractivity contribution in [3.05, 3.63) is 47.4 Å². The van der Waals surface area contributed by atoms with Crippen LogP contribution in [0.3, 0.4) is 0 Å². The molecular formula is C22H21F3N6O2. The van der Waals surface area contributed by atoms with Crippen LogP contribution >= 0.6 is 0 Å². The van der Waals surface area contributed by atoms with Crippen LogP contribution in [-0.2, 0) is 9.59 Å². The molecule has 8 nitrogen and oxygen atoms in total. The number of rotatable bonds is 5. The highest BCUT2D eigenvalue weighted by Crippen LogP contribution is 2.37. The van der Waals surface area contributed by atoms with Crippen LogP contribution in [0.2, 0.25) is 0 Å². The molecule has 3 atom stereocenters. The number of nitriles is 1. The predicted octanol–water partition coefficient (Wildman–Crippen LogP) is 3.08. The van der Waals surface area contributed by atoms with Gasteiger partial charge in [-0.05, 0) is 30.5 Å². The first-order valence-electron chi connectivity index (χ1n) is 10.5. The third-order valence-corrected chi connectivity index (χ3v) is 5.87. The minimum atomic E-state index is -4.47. The number of carbonyl (C=O) groups is 2. The number of fused-ring (bicyclic) bond motifs is 1. The summed E-state index contributed by atoms with van der Waals surface area (Å²) in [6.45, 7) is -1.36. The zero-order chi connectivity index (χ0) is 23.6. The smallest absolute Gasteiger partial charge is 0.380 e. The average molecular weight is 458 g/mol. The van der Waals surface area contributed by atoms with E-state index in [2.05, 4.69) is 20.6 Å². The number of nitrogens with one attached hydrogen (secondary N) is 3. The summed E-state index contributed by atoms with van der Waals surface area (Å²) in [7, 11) is 0. The van der Waals surface area contributed by atoms with Crippen molar-refractivity contribution in [1.82, 2.24) is 15.3 Å². The Morgan fingerprint density at radius 3 is 2.76 bits per heavy atom. The molecule has 1 saturated carbocycles. The van der Waals surface area contributed by atoms with Crippen LogP contribution < -0.4 is 16.0 Å². The maximum Gasteiger partial charge on any atom is 0.405 e. The number of carbonyl (C=O) groups excluding carboxylic acids is 2. The molecule has 2 aliphatic rings. The predicted molar refractivity (Wildman–Crippen MR) is 112 cm³/mol. The van der Waals surface area contributed by atoms with Crippen molar-refractivity contribution in [1.29, 1.82) is 5.26 Å². The summed E-state index contributed by atoms with van der Waals surface area (Å²) >= 11 is 0. The molecule has 0 aromatic carbocycles. The highest BCUT2D eigenvalue weighted by atomic mass is 19.4. The fraction of sp³-hybridized carbons (Fsp3) is 0.409. The molecule has 172 valence electrons. The third kappa shape index (κ3) is 5.05. The Balaban J connectivity index is 1.53. The van der Waals surface area contributed by atoms with E-state index in [1.54, 1.807) is 18.3 Å². The second kappa shape index (κ2) is 9.05. The van der Waals surface area contributed by atoms with E-state index in [1.165, 1.54) is 12.4 Å². The lowest BCUT2D eigenvalue weighted by molar-refractivity contribution is -0.141. The van der Waals surface area contributed by atoms with Gasteiger partial charge in [0.15, 0.2) is 0 Å². The van der Waals surface area contributed by atoms with Crippen molar-refractivity contribution in [3.63, 3.8) is 0 Å². The second-order valence-corrected chi connectivity index (χ2v) is 8.18. The molecule has 1 aliphatic carbocycles. The monoisotopic (exact) mass is 458 g/mol. The van der Waals surface area contributed by atoms with E-state index in [1.807, 2.05) is 11.4 Å². The van der Waals surface area contributed by atoms with Crippen molar-refractivity contribution in [2.75, 3.05) is 17.2 Å². The summed E-state index contributed by atoms with van der Waals surface area (Å²) in [5, 5.41) is 17.1. The fourth-order valence-corrected chi connectivity index (χ4v) is 4.37. The van der Waals surface area contributed by atoms with E-state index < -0.39 is 30.5 Å². The van der Waals surface area contributed by atoms with Gasteiger partial charge in [-0.3, -0.25) is 14.6 Å². The van der Waals surface area contributed by atoms with Crippen LogP contribution in [0.4, 0.5) is 24.7 Å². The first-order valence-corrected chi connectivity index (χ1v) is 10.5. The number of hydrogen-bond acceptors (Lipinski definition) is 6. The summed E-state index contributed by atoms with van der Waals surface area (Å²) < 4.78 is 37.5. The highest BCUT2D eigenvalue weighted by molar-refractivity contribution is 6.04. The van der Waals surface area contributed by atoms with Gasteiger partial charge in [-0.25, -0.2) is 4.98 Å². The van der Waals surface area contributed by atoms with Crippen LogP contribution in [-0.4, -0.2) is 40.5 Å². The van der Waals surface area contributed by atoms with Crippen LogP contribution in [0.15, 0.2) is 30.7 Å². The summed E-state index contributed by atoms with van der Waals surface area (Å²) in [6.07, 6.45) is 2.70. The molecule has 33 heavy (non-hydrogen) atoms. The highest BCUT2D eigenvalue weighted by Gasteiger charge is 2.36. The average Bonchev–Trinajstić information content (AvgIpc) is 3.12. The molecule has 2 aromatic heterocycles. The number of hydrogen-bond donors (Lipinski definition) is 3. The molecule has 2 amide bonds. The lowest BCUT2D eigenvalue weighted by Gasteiger charge is -2.32. The molecule has 0 radical (unpaired) electrons. The molecule has 3 heterocycles. The molecule has 1 aliphatic heterocycles. The summed E-state index contributed by atoms with van der Waals surface area (Å²) in [4.78, 5) is 33.3. The lowest BCUT2D eigenvalue weighted by atomic mass is 9.83. The zero-order valence-electron chi connectivity index (χ0n) is 17.4. The Morgan fingerprint density at radius 1 is 1.21 bits per heavy atom. The van der Waals surface area contributed by atoms with Crippen molar-refractivity contribution in [3.8, 4) is 6.07 Å². The number of nitrogens with zero attached hydrogens (tertiary/aromatic N) is 3. The maximum atomic E-state index is 12.6. The molecule has 1 fully saturated rings. The van der Waals surface area contributed by atoms with Gasteiger partial charge in [0, 0.05) is 30.2 Å². The molecule has 2 aromatic rings. The van der Waals surface area contributed by atoms with Crippen molar-refractivity contribution < 1.29 is 22.8 Å². The van der Waals surface area contributed by atoms with Crippen LogP contribution in [0.25, 0.3) is 0 Å². The van der Waals surface area contributed by atoms with Crippen LogP contribution in [0.1, 0.15) is 48.3 Å². The molecule has 11 heteroatoms. The maximum absolute atomic E-state index is 12.6. The first kappa shape index (κ1) is 22.5. The van der Waals surface area contributed by atoms with Gasteiger partial charge in [-0.1, -0.05) is 12.8 Å². The van der Waals surface area contributed by atoms with Crippen molar-refractivity contribution >= 4 is 23.3 Å². The quantitative estimate of drug-likeness (QED) is 0.634. The Kier molecular flexibility index (Phi) is 6.18. The Morgan fingerprint density at radius 2 is 2.00 bits per heavy atom. The van der Waals surface area contributed by atoms with Gasteiger partial charge in [0.05, 0.1) is 23.1 Å². The molecular weight excluding hydrogens is 437 g/mol. The number of pyridine rings is 2. The summed E-state index contributed by atoms with van der Waals surface area (Å²) in [5.74, 6) is -1.85. The van der Waals surface area contributed by atoms with Gasteiger partial charge >= 0.3 is 6.18 Å². The standard InChI is InChI=1S/C22H21F3N6O2/c23-22(24,25)11-29-20(32)15-3-1-2-4-17(15)30-14-6-13(9-27-10-14)18-16-5-12(7-26)8-28-19(16)31-21(18)33/h5-6,8-10,15,17-18,30H,1-4,11H2,(H,29,32)(H,28,31,33)/t15-,17+,18?/m0/s1. The van der Waals surface area contributed by atoms with Gasteiger partial charge in [0.25, 0.3) is 0 Å². The van der Waals surface area contributed by atoms with Gasteiger partial charge in [-0.2, -0.15) is 18.4 Å². The van der Waals surface area contributed by atoms with Gasteiger partial charge in [0.2, 0.25) is 11.8 Å². The van der Waals surface area contributed by atoms with Crippen LogP contribution in [0, 0.1) is 17.2 Å². The first-order chi connectivity index (χ1) is 15.7. The molecule has 0 spiro atoms. The molecule has 4 rings (SSSR count). The Bertz CT molecular complexity index is 1110. The van der Waals surface area contributed by atoms with Crippen molar-refractivity contribution in [2.45, 2.75) is 43.8 Å². The normalized spacial score (nSPS) is 22.1. The molecule has 0 bridgehead atoms. The molecule has 3 N–H and O–H groups in total.